The van der Waals surface area contributed by atoms with Gasteiger partial charge >= 0.3 is 0 Å². The molecular weight excluding hydrogens is 1210 g/mol. The van der Waals surface area contributed by atoms with Gasteiger partial charge in [0.1, 0.15) is 0 Å². The van der Waals surface area contributed by atoms with E-state index in [1.807, 2.05) is 115 Å². The lowest BCUT2D eigenvalue weighted by Gasteiger charge is -2.46. The van der Waals surface area contributed by atoms with E-state index in [1.165, 1.54) is 0 Å². The van der Waals surface area contributed by atoms with Crippen LogP contribution in [0.2, 0.25) is 0 Å². The third kappa shape index (κ3) is 9.73. The molecule has 0 fully saturated rings. The highest BCUT2D eigenvalue weighted by Crippen LogP contribution is 2.54. The average molecular weight is 1280 g/mol. The fourth-order valence-corrected chi connectivity index (χ4v) is 15.5. The van der Waals surface area contributed by atoms with E-state index in [1.54, 1.807) is 4.57 Å². The highest BCUT2D eigenvalue weighted by Gasteiger charge is 2.46. The first kappa shape index (κ1) is 49.9. The van der Waals surface area contributed by atoms with Crippen LogP contribution in [0.1, 0.15) is 38.7 Å². The summed E-state index contributed by atoms with van der Waals surface area (Å²) in [5.74, 6) is 0. The molecule has 0 aliphatic carbocycles. The van der Waals surface area contributed by atoms with Crippen molar-refractivity contribution in [2.75, 3.05) is 9.80 Å². The van der Waals surface area contributed by atoms with Gasteiger partial charge < -0.3 is 14.4 Å². The van der Waals surface area contributed by atoms with Crippen LogP contribution >= 0.6 is 0 Å². The molecule has 0 bridgehead atoms. The van der Waals surface area contributed by atoms with Crippen LogP contribution in [0.15, 0.2) is 358 Å². The Morgan fingerprint density at radius 2 is 0.780 bits per heavy atom. The summed E-state index contributed by atoms with van der Waals surface area (Å²) in [6, 6.07) is 102. The second kappa shape index (κ2) is 23.7. The lowest BCUT2D eigenvalue weighted by molar-refractivity contribution is 0.590. The van der Waals surface area contributed by atoms with Gasteiger partial charge in [-0.25, -0.2) is 0 Å². The zero-order chi connectivity index (χ0) is 74.4. The number of para-hydroxylation sites is 3. The van der Waals surface area contributed by atoms with Crippen LogP contribution in [0.4, 0.5) is 34.1 Å². The molecule has 100 heavy (non-hydrogen) atoms. The van der Waals surface area contributed by atoms with Crippen LogP contribution in [-0.4, -0.2) is 11.3 Å². The molecule has 0 saturated carbocycles. The van der Waals surface area contributed by atoms with Crippen molar-refractivity contribution >= 4 is 101 Å². The predicted octanol–water partition coefficient (Wildman–Crippen LogP) is 24.1. The van der Waals surface area contributed by atoms with Crippen LogP contribution in [0, 0.1) is 0 Å². The first-order valence-corrected chi connectivity index (χ1v) is 34.2. The minimum Gasteiger partial charge on any atom is -0.310 e. The lowest BCUT2D eigenvalue weighted by Crippen LogP contribution is -2.61. The summed E-state index contributed by atoms with van der Waals surface area (Å²) in [4.78, 5) is 4.61. The zero-order valence-electron chi connectivity index (χ0n) is 64.3. The molecule has 3 nitrogen and oxygen atoms in total. The smallest absolute Gasteiger partial charge is 0.252 e. The standard InChI is InChI=1S/C96H68BN3/c1-96(2,3)75-60-91-93-92(61-75)100(94-78(65-30-13-6-14-31-65)41-24-42-79(94)66-32-15-7-16-33-66)90-62-76(98-87-45-22-21-40-82(87)83-53-50-73(59-89(83)98)71-38-23-37-70(56-71)63-26-9-4-10-27-63)52-54-85(90)97(93)86-58-72(64-28-11-5-12-29-64)51-55-88(86)99(91)95-80(67-34-17-8-18-35-67)43-25-44-81(95)74-49-48-69-47-46-68-36-19-20-39-77(68)84(69)57-74/h4-62H,1-3H3/i21D,22D,40D,45D,50D,53D,59D,60D,61D. The molecule has 2 aliphatic heterocycles. The van der Waals surface area contributed by atoms with E-state index in [4.69, 9.17) is 0 Å². The van der Waals surface area contributed by atoms with Crippen molar-refractivity contribution in [3.05, 3.63) is 363 Å². The number of rotatable bonds is 10. The summed E-state index contributed by atoms with van der Waals surface area (Å²) < 4.78 is 93.9. The molecule has 19 rings (SSSR count). The molecule has 0 atom stereocenters. The van der Waals surface area contributed by atoms with Gasteiger partial charge in [0, 0.05) is 61.5 Å². The maximum Gasteiger partial charge on any atom is 0.252 e. The van der Waals surface area contributed by atoms with Gasteiger partial charge in [-0.3, -0.25) is 0 Å². The first-order valence-electron chi connectivity index (χ1n) is 38.7. The van der Waals surface area contributed by atoms with Gasteiger partial charge in [0.25, 0.3) is 6.71 Å². The summed E-state index contributed by atoms with van der Waals surface area (Å²) in [6.07, 6.45) is 0. The summed E-state index contributed by atoms with van der Waals surface area (Å²) in [7, 11) is 0. The Morgan fingerprint density at radius 1 is 0.300 bits per heavy atom. The molecule has 470 valence electrons. The predicted molar refractivity (Wildman–Crippen MR) is 427 cm³/mol. The van der Waals surface area contributed by atoms with Gasteiger partial charge in [-0.1, -0.05) is 324 Å². The monoisotopic (exact) mass is 1280 g/mol. The Balaban J connectivity index is 0.987. The number of nitrogens with zero attached hydrogens (tertiary/aromatic N) is 3. The van der Waals surface area contributed by atoms with Crippen molar-refractivity contribution in [1.82, 2.24) is 4.57 Å². The fraction of sp³-hybridized carbons (Fsp3) is 0.0417. The number of anilines is 6. The minimum absolute atomic E-state index is 0.0242. The van der Waals surface area contributed by atoms with Gasteiger partial charge in [-0.2, -0.15) is 0 Å². The molecular formula is C96H68BN3. The van der Waals surface area contributed by atoms with Crippen molar-refractivity contribution in [3.8, 4) is 83.6 Å². The van der Waals surface area contributed by atoms with Crippen molar-refractivity contribution in [3.63, 3.8) is 0 Å². The van der Waals surface area contributed by atoms with Crippen molar-refractivity contribution in [1.29, 1.82) is 0 Å². The van der Waals surface area contributed by atoms with E-state index in [-0.39, 0.29) is 69.7 Å². The molecule has 0 radical (unpaired) electrons. The zero-order valence-corrected chi connectivity index (χ0v) is 55.3. The number of aromatic nitrogens is 1. The second-order valence-electron chi connectivity index (χ2n) is 27.2. The van der Waals surface area contributed by atoms with E-state index < -0.39 is 24.2 Å². The third-order valence-corrected chi connectivity index (χ3v) is 20.2. The van der Waals surface area contributed by atoms with Gasteiger partial charge in [-0.05, 0) is 159 Å². The molecule has 0 N–H and O–H groups in total. The Hall–Kier alpha value is -12.5. The van der Waals surface area contributed by atoms with Crippen molar-refractivity contribution in [2.24, 2.45) is 0 Å². The van der Waals surface area contributed by atoms with Crippen molar-refractivity contribution in [2.45, 2.75) is 26.2 Å². The van der Waals surface area contributed by atoms with Gasteiger partial charge in [0.05, 0.1) is 34.7 Å². The minimum atomic E-state index is -0.839. The highest BCUT2D eigenvalue weighted by atomic mass is 15.2. The van der Waals surface area contributed by atoms with E-state index >= 15 is 0 Å². The van der Waals surface area contributed by atoms with Gasteiger partial charge in [0.2, 0.25) is 0 Å². The largest absolute Gasteiger partial charge is 0.310 e. The normalized spacial score (nSPS) is 13.8. The molecule has 3 heterocycles. The maximum atomic E-state index is 11.5. The second-order valence-corrected chi connectivity index (χ2v) is 27.2. The van der Waals surface area contributed by atoms with Crippen LogP contribution < -0.4 is 26.2 Å². The summed E-state index contributed by atoms with van der Waals surface area (Å²) in [5, 5.41) is 4.57. The molecule has 2 aliphatic rings. The Labute approximate surface area is 597 Å². The molecule has 0 amide bonds. The number of hydrogen-bond acceptors (Lipinski definition) is 2. The van der Waals surface area contributed by atoms with Crippen LogP contribution in [0.25, 0.3) is 127 Å². The maximum absolute atomic E-state index is 11.5. The number of fused-ring (bicyclic) bond motifs is 10. The summed E-state index contributed by atoms with van der Waals surface area (Å²) >= 11 is 0. The SMILES string of the molecule is [2H]c1c2c3c(c([2H])c1C(C)(C)C)N(c1c(-c4ccccc4)cccc1-c1ccccc1)c1cc(-n4c5c([2H])c([2H])c([2H])c([2H])c5c5c([2H])c([2H])c(-c6cccc(-c7ccccc7)c6)c([2H])c54)ccc1B3c1cc(-c3ccccc3)ccc1N2c1c(-c2ccccc2)cccc1-c1ccc2ccc3ccccc3c2c1. The van der Waals surface area contributed by atoms with Gasteiger partial charge in [-0.15, -0.1) is 0 Å². The molecule has 0 saturated heterocycles. The molecule has 4 heteroatoms. The summed E-state index contributed by atoms with van der Waals surface area (Å²) in [5.41, 5.74) is 18.7. The molecule has 17 aromatic rings. The van der Waals surface area contributed by atoms with Crippen LogP contribution in [0.3, 0.4) is 0 Å². The van der Waals surface area contributed by atoms with E-state index in [0.29, 0.717) is 33.9 Å². The van der Waals surface area contributed by atoms with E-state index in [2.05, 4.69) is 219 Å². The van der Waals surface area contributed by atoms with E-state index in [9.17, 15) is 12.3 Å². The Morgan fingerprint density at radius 3 is 1.39 bits per heavy atom. The number of hydrogen-bond donors (Lipinski definition) is 0. The average Bonchev–Trinajstić information content (AvgIpc) is 1.24. The topological polar surface area (TPSA) is 11.4 Å². The van der Waals surface area contributed by atoms with Crippen molar-refractivity contribution < 1.29 is 12.3 Å². The van der Waals surface area contributed by atoms with Crippen LogP contribution in [-0.2, 0) is 5.41 Å². The Bertz CT molecular complexity index is 6580. The van der Waals surface area contributed by atoms with Gasteiger partial charge in [0.15, 0.2) is 0 Å². The summed E-state index contributed by atoms with van der Waals surface area (Å²) in [6.45, 7) is 5.57. The molecule has 16 aromatic carbocycles. The highest BCUT2D eigenvalue weighted by molar-refractivity contribution is 7.00. The third-order valence-electron chi connectivity index (χ3n) is 20.2. The Kier molecular flexibility index (Phi) is 11.8. The molecule has 1 aromatic heterocycles. The number of benzene rings is 16. The molecule has 0 spiro atoms. The lowest BCUT2D eigenvalue weighted by atomic mass is 9.33. The van der Waals surface area contributed by atoms with Crippen LogP contribution in [0.5, 0.6) is 0 Å². The first-order chi connectivity index (χ1) is 53.0. The van der Waals surface area contributed by atoms with E-state index in [0.717, 1.165) is 122 Å². The quantitative estimate of drug-likeness (QED) is 0.0999. The fourth-order valence-electron chi connectivity index (χ4n) is 15.5. The molecule has 0 unspecified atom stereocenters.